The Morgan fingerprint density at radius 1 is 1.32 bits per heavy atom. The molecule has 0 saturated heterocycles. The number of aromatic nitrogens is 2. The standard InChI is InChI=1S/C19H29N5O/c1-15(2)14-25-11-10-21-19(20-3)24(4)13-18-22-12-17(23-18)16-8-6-5-7-9-16/h5-9,12,15H,10-11,13-14H2,1-4H3,(H,20,21)(H,22,23). The summed E-state index contributed by atoms with van der Waals surface area (Å²) in [4.78, 5) is 14.2. The average Bonchev–Trinajstić information content (AvgIpc) is 3.07. The smallest absolute Gasteiger partial charge is 0.193 e. The van der Waals surface area contributed by atoms with Gasteiger partial charge in [0.2, 0.25) is 0 Å². The fraction of sp³-hybridized carbons (Fsp3) is 0.474. The van der Waals surface area contributed by atoms with Crippen LogP contribution in [0.2, 0.25) is 0 Å². The van der Waals surface area contributed by atoms with Crippen molar-refractivity contribution in [2.75, 3.05) is 33.9 Å². The van der Waals surface area contributed by atoms with Crippen LogP contribution >= 0.6 is 0 Å². The Morgan fingerprint density at radius 3 is 2.76 bits per heavy atom. The Morgan fingerprint density at radius 2 is 2.08 bits per heavy atom. The topological polar surface area (TPSA) is 65.5 Å². The Hall–Kier alpha value is -2.34. The van der Waals surface area contributed by atoms with Crippen LogP contribution in [0.3, 0.4) is 0 Å². The van der Waals surface area contributed by atoms with E-state index < -0.39 is 0 Å². The maximum atomic E-state index is 5.59. The number of rotatable bonds is 8. The molecule has 0 aliphatic rings. The van der Waals surface area contributed by atoms with Gasteiger partial charge in [-0.3, -0.25) is 4.99 Å². The third kappa shape index (κ3) is 6.23. The quantitative estimate of drug-likeness (QED) is 0.439. The van der Waals surface area contributed by atoms with Gasteiger partial charge in [0.05, 0.1) is 25.0 Å². The van der Waals surface area contributed by atoms with Gasteiger partial charge >= 0.3 is 0 Å². The number of guanidine groups is 1. The van der Waals surface area contributed by atoms with Crippen molar-refractivity contribution in [1.29, 1.82) is 0 Å². The van der Waals surface area contributed by atoms with Crippen LogP contribution in [0.25, 0.3) is 11.3 Å². The fourth-order valence-electron chi connectivity index (χ4n) is 2.45. The summed E-state index contributed by atoms with van der Waals surface area (Å²) in [6, 6.07) is 10.2. The molecule has 0 bridgehead atoms. The highest BCUT2D eigenvalue weighted by molar-refractivity contribution is 5.79. The van der Waals surface area contributed by atoms with Gasteiger partial charge in [0, 0.05) is 27.2 Å². The molecular weight excluding hydrogens is 314 g/mol. The molecule has 1 heterocycles. The number of hydrogen-bond donors (Lipinski definition) is 2. The van der Waals surface area contributed by atoms with Crippen LogP contribution in [0.15, 0.2) is 41.5 Å². The molecule has 2 aromatic rings. The first-order chi connectivity index (χ1) is 12.1. The van der Waals surface area contributed by atoms with Gasteiger partial charge in [-0.2, -0.15) is 0 Å². The molecule has 2 rings (SSSR count). The molecule has 0 unspecified atom stereocenters. The van der Waals surface area contributed by atoms with E-state index in [-0.39, 0.29) is 0 Å². The first kappa shape index (κ1) is 19.0. The van der Waals surface area contributed by atoms with Crippen molar-refractivity contribution in [3.05, 3.63) is 42.4 Å². The zero-order valence-corrected chi connectivity index (χ0v) is 15.6. The minimum atomic E-state index is 0.555. The second-order valence-corrected chi connectivity index (χ2v) is 6.41. The molecule has 0 saturated carbocycles. The number of nitrogens with zero attached hydrogens (tertiary/aromatic N) is 3. The Labute approximate surface area is 150 Å². The van der Waals surface area contributed by atoms with E-state index in [1.807, 2.05) is 36.3 Å². The van der Waals surface area contributed by atoms with E-state index in [1.54, 1.807) is 7.05 Å². The van der Waals surface area contributed by atoms with Gasteiger partial charge in [0.15, 0.2) is 5.96 Å². The molecule has 0 aliphatic heterocycles. The highest BCUT2D eigenvalue weighted by atomic mass is 16.5. The van der Waals surface area contributed by atoms with Gasteiger partial charge in [0.25, 0.3) is 0 Å². The molecule has 0 radical (unpaired) electrons. The van der Waals surface area contributed by atoms with Crippen LogP contribution < -0.4 is 5.32 Å². The van der Waals surface area contributed by atoms with Gasteiger partial charge in [-0.15, -0.1) is 0 Å². The largest absolute Gasteiger partial charge is 0.379 e. The van der Waals surface area contributed by atoms with E-state index in [2.05, 4.69) is 46.3 Å². The first-order valence-electron chi connectivity index (χ1n) is 8.69. The molecule has 0 fully saturated rings. The number of ether oxygens (including phenoxy) is 1. The van der Waals surface area contributed by atoms with Crippen molar-refractivity contribution < 1.29 is 4.74 Å². The van der Waals surface area contributed by atoms with Gasteiger partial charge in [-0.25, -0.2) is 4.98 Å². The molecule has 0 atom stereocenters. The SMILES string of the molecule is CN=C(NCCOCC(C)C)N(C)Cc1ncc(-c2ccccc2)[nH]1. The van der Waals surface area contributed by atoms with Crippen LogP contribution in [-0.2, 0) is 11.3 Å². The number of nitrogens with one attached hydrogen (secondary N) is 2. The van der Waals surface area contributed by atoms with E-state index in [0.29, 0.717) is 19.1 Å². The summed E-state index contributed by atoms with van der Waals surface area (Å²) in [6.07, 6.45) is 1.87. The molecule has 1 aromatic carbocycles. The lowest BCUT2D eigenvalue weighted by Crippen LogP contribution is -2.40. The number of aliphatic imine (C=N–C) groups is 1. The van der Waals surface area contributed by atoms with Gasteiger partial charge in [0.1, 0.15) is 5.82 Å². The molecule has 0 spiro atoms. The summed E-state index contributed by atoms with van der Waals surface area (Å²) in [5.41, 5.74) is 2.16. The second-order valence-electron chi connectivity index (χ2n) is 6.41. The van der Waals surface area contributed by atoms with Crippen LogP contribution in [0, 0.1) is 5.92 Å². The third-order valence-electron chi connectivity index (χ3n) is 3.65. The fourth-order valence-corrected chi connectivity index (χ4v) is 2.45. The maximum absolute atomic E-state index is 5.59. The predicted octanol–water partition coefficient (Wildman–Crippen LogP) is 2.76. The van der Waals surface area contributed by atoms with Gasteiger partial charge in [-0.1, -0.05) is 44.2 Å². The Kier molecular flexibility index (Phi) is 7.47. The molecule has 1 aromatic heterocycles. The highest BCUT2D eigenvalue weighted by Gasteiger charge is 2.09. The van der Waals surface area contributed by atoms with Crippen molar-refractivity contribution in [3.8, 4) is 11.3 Å². The highest BCUT2D eigenvalue weighted by Crippen LogP contribution is 2.16. The first-order valence-corrected chi connectivity index (χ1v) is 8.69. The zero-order valence-electron chi connectivity index (χ0n) is 15.6. The molecule has 6 nitrogen and oxygen atoms in total. The number of imidazole rings is 1. The van der Waals surface area contributed by atoms with Crippen LogP contribution in [0.5, 0.6) is 0 Å². The lowest BCUT2D eigenvalue weighted by atomic mass is 10.2. The van der Waals surface area contributed by atoms with Crippen LogP contribution in [0.4, 0.5) is 0 Å². The van der Waals surface area contributed by atoms with Crippen molar-refractivity contribution in [3.63, 3.8) is 0 Å². The van der Waals surface area contributed by atoms with Crippen LogP contribution in [0.1, 0.15) is 19.7 Å². The molecular formula is C19H29N5O. The van der Waals surface area contributed by atoms with Crippen molar-refractivity contribution in [2.45, 2.75) is 20.4 Å². The van der Waals surface area contributed by atoms with Gasteiger partial charge in [-0.05, 0) is 11.5 Å². The molecule has 6 heteroatoms. The average molecular weight is 343 g/mol. The summed E-state index contributed by atoms with van der Waals surface area (Å²) in [6.45, 7) is 7.13. The number of hydrogen-bond acceptors (Lipinski definition) is 3. The number of H-pyrrole nitrogens is 1. The third-order valence-corrected chi connectivity index (χ3v) is 3.65. The Bertz CT molecular complexity index is 651. The minimum Gasteiger partial charge on any atom is -0.379 e. The normalized spacial score (nSPS) is 11.8. The molecule has 0 amide bonds. The molecule has 25 heavy (non-hydrogen) atoms. The zero-order chi connectivity index (χ0) is 18.1. The summed E-state index contributed by atoms with van der Waals surface area (Å²) in [5, 5.41) is 3.31. The summed E-state index contributed by atoms with van der Waals surface area (Å²) in [7, 11) is 3.78. The van der Waals surface area contributed by atoms with Crippen molar-refractivity contribution in [1.82, 2.24) is 20.2 Å². The van der Waals surface area contributed by atoms with E-state index in [1.165, 1.54) is 0 Å². The minimum absolute atomic E-state index is 0.555. The van der Waals surface area contributed by atoms with Crippen molar-refractivity contribution in [2.24, 2.45) is 10.9 Å². The second kappa shape index (κ2) is 9.84. The van der Waals surface area contributed by atoms with Gasteiger partial charge < -0.3 is 19.9 Å². The molecule has 0 aliphatic carbocycles. The number of benzene rings is 1. The lowest BCUT2D eigenvalue weighted by Gasteiger charge is -2.21. The van der Waals surface area contributed by atoms with E-state index in [0.717, 1.165) is 36.2 Å². The predicted molar refractivity (Wildman–Crippen MR) is 103 cm³/mol. The lowest BCUT2D eigenvalue weighted by molar-refractivity contribution is 0.114. The monoisotopic (exact) mass is 343 g/mol. The molecule has 2 N–H and O–H groups in total. The maximum Gasteiger partial charge on any atom is 0.193 e. The number of aromatic amines is 1. The summed E-state index contributed by atoms with van der Waals surface area (Å²) in [5.74, 6) is 2.28. The van der Waals surface area contributed by atoms with Crippen molar-refractivity contribution >= 4 is 5.96 Å². The van der Waals surface area contributed by atoms with Crippen LogP contribution in [-0.4, -0.2) is 54.7 Å². The Balaban J connectivity index is 1.83. The summed E-state index contributed by atoms with van der Waals surface area (Å²) < 4.78 is 5.59. The van der Waals surface area contributed by atoms with E-state index in [9.17, 15) is 0 Å². The molecule has 136 valence electrons. The summed E-state index contributed by atoms with van der Waals surface area (Å²) >= 11 is 0. The van der Waals surface area contributed by atoms with E-state index in [4.69, 9.17) is 4.74 Å². The van der Waals surface area contributed by atoms with E-state index >= 15 is 0 Å².